The van der Waals surface area contributed by atoms with Gasteiger partial charge in [-0.05, 0) is 31.5 Å². The van der Waals surface area contributed by atoms with E-state index in [1.807, 2.05) is 12.1 Å². The molecule has 3 nitrogen and oxygen atoms in total. The standard InChI is InChI=1S/C13H19NO2S/c1-3-14-10(2)11-8-9-17(15,16)13-7-5-4-6-12(11)13/h4-7,10-11,14H,3,8-9H2,1-2H3. The van der Waals surface area contributed by atoms with E-state index in [9.17, 15) is 8.42 Å². The Morgan fingerprint density at radius 2 is 2.12 bits per heavy atom. The van der Waals surface area contributed by atoms with Crippen LogP contribution in [0, 0.1) is 0 Å². The van der Waals surface area contributed by atoms with E-state index in [1.165, 1.54) is 0 Å². The first-order valence-corrected chi connectivity index (χ1v) is 7.76. The summed E-state index contributed by atoms with van der Waals surface area (Å²) < 4.78 is 24.0. The van der Waals surface area contributed by atoms with Gasteiger partial charge in [-0.25, -0.2) is 8.42 Å². The fraction of sp³-hybridized carbons (Fsp3) is 0.538. The van der Waals surface area contributed by atoms with Gasteiger partial charge in [0.05, 0.1) is 10.6 Å². The van der Waals surface area contributed by atoms with Gasteiger partial charge in [0.25, 0.3) is 0 Å². The van der Waals surface area contributed by atoms with E-state index in [2.05, 4.69) is 19.2 Å². The molecule has 0 spiro atoms. The summed E-state index contributed by atoms with van der Waals surface area (Å²) in [6.45, 7) is 5.11. The summed E-state index contributed by atoms with van der Waals surface area (Å²) in [4.78, 5) is 0.529. The Morgan fingerprint density at radius 1 is 1.41 bits per heavy atom. The number of rotatable bonds is 3. The zero-order chi connectivity index (χ0) is 12.5. The lowest BCUT2D eigenvalue weighted by Gasteiger charge is -2.30. The summed E-state index contributed by atoms with van der Waals surface area (Å²) in [5, 5.41) is 3.39. The van der Waals surface area contributed by atoms with Crippen LogP contribution in [0.2, 0.25) is 0 Å². The number of nitrogens with one attached hydrogen (secondary N) is 1. The molecule has 0 bridgehead atoms. The third-order valence-electron chi connectivity index (χ3n) is 3.48. The zero-order valence-corrected chi connectivity index (χ0v) is 11.1. The molecule has 0 amide bonds. The van der Waals surface area contributed by atoms with Crippen LogP contribution < -0.4 is 5.32 Å². The molecule has 1 aromatic rings. The van der Waals surface area contributed by atoms with Crippen molar-refractivity contribution in [2.24, 2.45) is 0 Å². The van der Waals surface area contributed by atoms with Crippen molar-refractivity contribution >= 4 is 9.84 Å². The second kappa shape index (κ2) is 4.78. The SMILES string of the molecule is CCNC(C)C1CCS(=O)(=O)c2ccccc21. The van der Waals surface area contributed by atoms with E-state index in [0.717, 1.165) is 12.1 Å². The average Bonchev–Trinajstić information content (AvgIpc) is 2.29. The molecule has 0 radical (unpaired) electrons. The van der Waals surface area contributed by atoms with Crippen molar-refractivity contribution < 1.29 is 8.42 Å². The van der Waals surface area contributed by atoms with E-state index in [4.69, 9.17) is 0 Å². The van der Waals surface area contributed by atoms with Crippen LogP contribution in [0.1, 0.15) is 31.7 Å². The summed E-state index contributed by atoms with van der Waals surface area (Å²) in [6, 6.07) is 7.72. The molecule has 4 heteroatoms. The van der Waals surface area contributed by atoms with Crippen LogP contribution in [-0.4, -0.2) is 26.8 Å². The van der Waals surface area contributed by atoms with E-state index >= 15 is 0 Å². The second-order valence-corrected chi connectivity index (χ2v) is 6.68. The lowest BCUT2D eigenvalue weighted by atomic mass is 9.89. The molecular weight excluding hydrogens is 234 g/mol. The van der Waals surface area contributed by atoms with Gasteiger partial charge in [-0.2, -0.15) is 0 Å². The van der Waals surface area contributed by atoms with Gasteiger partial charge in [0.2, 0.25) is 0 Å². The number of benzene rings is 1. The fourth-order valence-corrected chi connectivity index (χ4v) is 4.25. The Balaban J connectivity index is 2.42. The third-order valence-corrected chi connectivity index (χ3v) is 5.30. The number of fused-ring (bicyclic) bond motifs is 1. The summed E-state index contributed by atoms with van der Waals surface area (Å²) in [7, 11) is -3.05. The highest BCUT2D eigenvalue weighted by Crippen LogP contribution is 2.35. The van der Waals surface area contributed by atoms with Gasteiger partial charge in [-0.15, -0.1) is 0 Å². The number of hydrogen-bond donors (Lipinski definition) is 1. The molecule has 1 N–H and O–H groups in total. The quantitative estimate of drug-likeness (QED) is 0.895. The van der Waals surface area contributed by atoms with E-state index in [1.54, 1.807) is 12.1 Å². The van der Waals surface area contributed by atoms with Crippen LogP contribution in [0.25, 0.3) is 0 Å². The van der Waals surface area contributed by atoms with Crippen molar-refractivity contribution in [3.63, 3.8) is 0 Å². The minimum Gasteiger partial charge on any atom is -0.314 e. The molecule has 0 fully saturated rings. The average molecular weight is 253 g/mol. The molecule has 0 saturated carbocycles. The minimum absolute atomic E-state index is 0.268. The van der Waals surface area contributed by atoms with Crippen molar-refractivity contribution in [3.8, 4) is 0 Å². The van der Waals surface area contributed by atoms with Gasteiger partial charge in [-0.3, -0.25) is 0 Å². The summed E-state index contributed by atoms with van der Waals surface area (Å²) in [5.41, 5.74) is 0.979. The van der Waals surface area contributed by atoms with E-state index in [-0.39, 0.29) is 5.75 Å². The predicted octanol–water partition coefficient (Wildman–Crippen LogP) is 1.95. The molecule has 1 aliphatic rings. The molecule has 1 aliphatic heterocycles. The summed E-state index contributed by atoms with van der Waals surface area (Å²) in [6.07, 6.45) is 0.716. The molecule has 2 atom stereocenters. The van der Waals surface area contributed by atoms with Crippen molar-refractivity contribution in [1.29, 1.82) is 0 Å². The van der Waals surface area contributed by atoms with Crippen LogP contribution in [0.3, 0.4) is 0 Å². The first-order chi connectivity index (χ1) is 8.06. The van der Waals surface area contributed by atoms with E-state index < -0.39 is 9.84 Å². The van der Waals surface area contributed by atoms with Crippen LogP contribution in [0.4, 0.5) is 0 Å². The number of likely N-dealkylation sites (N-methyl/N-ethyl adjacent to an activating group) is 1. The maximum absolute atomic E-state index is 12.0. The molecular formula is C13H19NO2S. The Kier molecular flexibility index (Phi) is 3.54. The Morgan fingerprint density at radius 3 is 2.82 bits per heavy atom. The maximum Gasteiger partial charge on any atom is 0.178 e. The van der Waals surface area contributed by atoms with E-state index in [0.29, 0.717) is 23.3 Å². The van der Waals surface area contributed by atoms with Gasteiger partial charge in [0, 0.05) is 12.0 Å². The molecule has 1 aromatic carbocycles. The van der Waals surface area contributed by atoms with Crippen molar-refractivity contribution in [3.05, 3.63) is 29.8 Å². The topological polar surface area (TPSA) is 46.2 Å². The van der Waals surface area contributed by atoms with Gasteiger partial charge in [0.15, 0.2) is 9.84 Å². The van der Waals surface area contributed by atoms with Gasteiger partial charge >= 0.3 is 0 Å². The highest BCUT2D eigenvalue weighted by molar-refractivity contribution is 7.91. The highest BCUT2D eigenvalue weighted by atomic mass is 32.2. The van der Waals surface area contributed by atoms with Gasteiger partial charge < -0.3 is 5.32 Å². The van der Waals surface area contributed by atoms with Crippen molar-refractivity contribution in [2.45, 2.75) is 37.1 Å². The molecule has 0 aromatic heterocycles. The number of hydrogen-bond acceptors (Lipinski definition) is 3. The maximum atomic E-state index is 12.0. The van der Waals surface area contributed by atoms with Crippen molar-refractivity contribution in [1.82, 2.24) is 5.32 Å². The lowest BCUT2D eigenvalue weighted by Crippen LogP contribution is -2.35. The molecule has 0 saturated heterocycles. The molecule has 17 heavy (non-hydrogen) atoms. The van der Waals surface area contributed by atoms with Gasteiger partial charge in [0.1, 0.15) is 0 Å². The van der Waals surface area contributed by atoms with Crippen LogP contribution in [0.15, 0.2) is 29.2 Å². The first-order valence-electron chi connectivity index (χ1n) is 6.11. The number of sulfone groups is 1. The molecule has 1 heterocycles. The summed E-state index contributed by atoms with van der Waals surface area (Å²) >= 11 is 0. The monoisotopic (exact) mass is 253 g/mol. The molecule has 94 valence electrons. The zero-order valence-electron chi connectivity index (χ0n) is 10.3. The molecule has 2 unspecified atom stereocenters. The van der Waals surface area contributed by atoms with Crippen molar-refractivity contribution in [2.75, 3.05) is 12.3 Å². The van der Waals surface area contributed by atoms with Crippen LogP contribution >= 0.6 is 0 Å². The lowest BCUT2D eigenvalue weighted by molar-refractivity contribution is 0.446. The Hall–Kier alpha value is -0.870. The predicted molar refractivity (Wildman–Crippen MR) is 69.0 cm³/mol. The van der Waals surface area contributed by atoms with Crippen LogP contribution in [-0.2, 0) is 9.84 Å². The largest absolute Gasteiger partial charge is 0.314 e. The first kappa shape index (κ1) is 12.6. The molecule has 2 rings (SSSR count). The smallest absolute Gasteiger partial charge is 0.178 e. The Labute approximate surface area is 103 Å². The minimum atomic E-state index is -3.05. The Bertz CT molecular complexity index is 496. The van der Waals surface area contributed by atoms with Crippen LogP contribution in [0.5, 0.6) is 0 Å². The molecule has 0 aliphatic carbocycles. The summed E-state index contributed by atoms with van der Waals surface area (Å²) in [5.74, 6) is 0.569. The fourth-order valence-electron chi connectivity index (χ4n) is 2.60. The third kappa shape index (κ3) is 2.38. The van der Waals surface area contributed by atoms with Gasteiger partial charge in [-0.1, -0.05) is 25.1 Å². The second-order valence-electron chi connectivity index (χ2n) is 4.60. The highest BCUT2D eigenvalue weighted by Gasteiger charge is 2.32. The normalized spacial score (nSPS) is 24.0.